The smallest absolute Gasteiger partial charge is 0.0431 e. The molecule has 0 bridgehead atoms. The van der Waals surface area contributed by atoms with Gasteiger partial charge in [0.2, 0.25) is 0 Å². The van der Waals surface area contributed by atoms with Gasteiger partial charge in [-0.25, -0.2) is 0 Å². The lowest BCUT2D eigenvalue weighted by Crippen LogP contribution is -2.27. The first-order chi connectivity index (χ1) is 5.69. The molecular weight excluding hydrogens is 168 g/mol. The molecule has 0 saturated heterocycles. The first kappa shape index (κ1) is 12.2. The summed E-state index contributed by atoms with van der Waals surface area (Å²) in [6, 6.07) is 0. The molecule has 1 nitrogen and oxygen atoms in total. The van der Waals surface area contributed by atoms with Crippen molar-refractivity contribution in [2.75, 3.05) is 5.75 Å². The molecule has 0 amide bonds. The number of hydrogen-bond acceptors (Lipinski definition) is 1. The summed E-state index contributed by atoms with van der Waals surface area (Å²) in [6.07, 6.45) is 4.91. The van der Waals surface area contributed by atoms with Crippen LogP contribution in [-0.4, -0.2) is 14.7 Å². The Morgan fingerprint density at radius 1 is 1.25 bits per heavy atom. The maximum atomic E-state index is 11.4. The van der Waals surface area contributed by atoms with Crippen LogP contribution in [0.2, 0.25) is 0 Å². The van der Waals surface area contributed by atoms with Crippen molar-refractivity contribution in [3.8, 4) is 0 Å². The van der Waals surface area contributed by atoms with Gasteiger partial charge in [0.05, 0.1) is 0 Å². The van der Waals surface area contributed by atoms with E-state index < -0.39 is 10.8 Å². The van der Waals surface area contributed by atoms with E-state index in [-0.39, 0.29) is 4.75 Å². The lowest BCUT2D eigenvalue weighted by atomic mass is 10.1. The summed E-state index contributed by atoms with van der Waals surface area (Å²) in [7, 11) is -0.568. The van der Waals surface area contributed by atoms with Gasteiger partial charge in [0, 0.05) is 21.3 Å². The summed E-state index contributed by atoms with van der Waals surface area (Å²) in [5, 5.41) is 0. The van der Waals surface area contributed by atoms with Gasteiger partial charge < -0.3 is 0 Å². The molecule has 1 saturated carbocycles. The normalized spacial score (nSPS) is 22.7. The summed E-state index contributed by atoms with van der Waals surface area (Å²) >= 11 is 0. The monoisotopic (exact) mass is 190 g/mol. The molecule has 1 unspecified atom stereocenters. The molecule has 2 heteroatoms. The Hall–Kier alpha value is 0.150. The Labute approximate surface area is 79.4 Å². The largest absolute Gasteiger partial charge is 0.259 e. The minimum absolute atomic E-state index is 0.175. The van der Waals surface area contributed by atoms with Crippen LogP contribution in [0.5, 0.6) is 0 Å². The van der Waals surface area contributed by atoms with Crippen molar-refractivity contribution in [3.63, 3.8) is 0 Å². The van der Waals surface area contributed by atoms with E-state index in [2.05, 4.69) is 6.92 Å². The first-order valence-electron chi connectivity index (χ1n) is 5.07. The summed E-state index contributed by atoms with van der Waals surface area (Å²) < 4.78 is 11.6. The molecule has 1 fully saturated rings. The fourth-order valence-corrected chi connectivity index (χ4v) is 3.14. The molecule has 0 heterocycles. The highest BCUT2D eigenvalue weighted by atomic mass is 32.2. The highest BCUT2D eigenvalue weighted by Crippen LogP contribution is 2.34. The summed E-state index contributed by atoms with van der Waals surface area (Å²) in [4.78, 5) is 0. The van der Waals surface area contributed by atoms with Crippen LogP contribution in [0.4, 0.5) is 0 Å². The fraction of sp³-hybridized carbons (Fsp3) is 1.00. The molecule has 0 spiro atoms. The highest BCUT2D eigenvalue weighted by Gasteiger charge is 2.33. The lowest BCUT2D eigenvalue weighted by molar-refractivity contribution is 0.606. The predicted molar refractivity (Wildman–Crippen MR) is 56.9 cm³/mol. The minimum atomic E-state index is -0.568. The Kier molecular flexibility index (Phi) is 5.81. The van der Waals surface area contributed by atoms with Gasteiger partial charge in [0.1, 0.15) is 0 Å². The standard InChI is InChI=1S/C8H16OS.C2H6/c1-3-10(9)8(2)6-4-5-7-8;1-2/h3-7H2,1-2H3;1-2H3. The molecule has 12 heavy (non-hydrogen) atoms. The Balaban J connectivity index is 0.000000561. The molecule has 0 aromatic carbocycles. The molecule has 0 N–H and O–H groups in total. The van der Waals surface area contributed by atoms with Crippen molar-refractivity contribution in [1.29, 1.82) is 0 Å². The average molecular weight is 190 g/mol. The Bertz CT molecular complexity index is 137. The second kappa shape index (κ2) is 5.74. The van der Waals surface area contributed by atoms with Crippen molar-refractivity contribution >= 4 is 10.8 Å². The van der Waals surface area contributed by atoms with Gasteiger partial charge in [0.15, 0.2) is 0 Å². The molecule has 0 aromatic rings. The Morgan fingerprint density at radius 3 is 2.00 bits per heavy atom. The number of rotatable bonds is 2. The van der Waals surface area contributed by atoms with Gasteiger partial charge in [-0.15, -0.1) is 0 Å². The zero-order valence-electron chi connectivity index (χ0n) is 8.85. The van der Waals surface area contributed by atoms with Crippen LogP contribution in [0.15, 0.2) is 0 Å². The molecule has 1 atom stereocenters. The van der Waals surface area contributed by atoms with Gasteiger partial charge in [-0.3, -0.25) is 4.21 Å². The summed E-state index contributed by atoms with van der Waals surface area (Å²) in [5.41, 5.74) is 0. The second-order valence-electron chi connectivity index (χ2n) is 3.29. The molecule has 1 rings (SSSR count). The topological polar surface area (TPSA) is 17.1 Å². The van der Waals surface area contributed by atoms with Crippen molar-refractivity contribution < 1.29 is 4.21 Å². The third kappa shape index (κ3) is 2.89. The first-order valence-corrected chi connectivity index (χ1v) is 6.39. The molecular formula is C10H22OS. The second-order valence-corrected chi connectivity index (χ2v) is 5.55. The van der Waals surface area contributed by atoms with Gasteiger partial charge >= 0.3 is 0 Å². The summed E-state index contributed by atoms with van der Waals surface area (Å²) in [6.45, 7) is 8.18. The SMILES string of the molecule is CC.CCS(=O)C1(C)CCCC1. The average Bonchev–Trinajstić information content (AvgIpc) is 2.55. The fourth-order valence-electron chi connectivity index (χ4n) is 1.70. The van der Waals surface area contributed by atoms with Gasteiger partial charge in [-0.1, -0.05) is 33.6 Å². The van der Waals surface area contributed by atoms with E-state index in [4.69, 9.17) is 0 Å². The maximum Gasteiger partial charge on any atom is 0.0431 e. The Morgan fingerprint density at radius 2 is 1.67 bits per heavy atom. The van der Waals surface area contributed by atoms with Crippen molar-refractivity contribution in [2.24, 2.45) is 0 Å². The third-order valence-corrected chi connectivity index (χ3v) is 4.50. The van der Waals surface area contributed by atoms with Crippen molar-refractivity contribution in [3.05, 3.63) is 0 Å². The molecule has 74 valence electrons. The van der Waals surface area contributed by atoms with Crippen LogP contribution in [-0.2, 0) is 10.8 Å². The van der Waals surface area contributed by atoms with Crippen molar-refractivity contribution in [1.82, 2.24) is 0 Å². The van der Waals surface area contributed by atoms with E-state index in [1.165, 1.54) is 25.7 Å². The summed E-state index contributed by atoms with van der Waals surface area (Å²) in [5.74, 6) is 0.830. The zero-order valence-corrected chi connectivity index (χ0v) is 9.67. The van der Waals surface area contributed by atoms with Crippen LogP contribution in [0.1, 0.15) is 53.4 Å². The minimum Gasteiger partial charge on any atom is -0.259 e. The van der Waals surface area contributed by atoms with E-state index in [9.17, 15) is 4.21 Å². The van der Waals surface area contributed by atoms with Gasteiger partial charge in [-0.05, 0) is 19.8 Å². The van der Waals surface area contributed by atoms with Gasteiger partial charge in [-0.2, -0.15) is 0 Å². The van der Waals surface area contributed by atoms with E-state index in [0.29, 0.717) is 0 Å². The quantitative estimate of drug-likeness (QED) is 0.654. The highest BCUT2D eigenvalue weighted by molar-refractivity contribution is 7.86. The molecule has 0 aromatic heterocycles. The van der Waals surface area contributed by atoms with E-state index in [1.807, 2.05) is 20.8 Å². The van der Waals surface area contributed by atoms with Crippen LogP contribution >= 0.6 is 0 Å². The number of hydrogen-bond donors (Lipinski definition) is 0. The zero-order chi connectivity index (χ0) is 9.61. The van der Waals surface area contributed by atoms with E-state index in [1.54, 1.807) is 0 Å². The maximum absolute atomic E-state index is 11.4. The predicted octanol–water partition coefficient (Wildman–Crippen LogP) is 3.11. The lowest BCUT2D eigenvalue weighted by Gasteiger charge is -2.21. The molecule has 0 radical (unpaired) electrons. The van der Waals surface area contributed by atoms with Crippen LogP contribution in [0, 0.1) is 0 Å². The van der Waals surface area contributed by atoms with E-state index in [0.717, 1.165) is 5.75 Å². The van der Waals surface area contributed by atoms with Crippen molar-refractivity contribution in [2.45, 2.75) is 58.1 Å². The van der Waals surface area contributed by atoms with E-state index >= 15 is 0 Å². The molecule has 1 aliphatic rings. The van der Waals surface area contributed by atoms with Crippen LogP contribution < -0.4 is 0 Å². The van der Waals surface area contributed by atoms with Crippen LogP contribution in [0.3, 0.4) is 0 Å². The van der Waals surface area contributed by atoms with Gasteiger partial charge in [0.25, 0.3) is 0 Å². The molecule has 0 aliphatic heterocycles. The molecule has 1 aliphatic carbocycles. The third-order valence-electron chi connectivity index (χ3n) is 2.47. The van der Waals surface area contributed by atoms with Crippen LogP contribution in [0.25, 0.3) is 0 Å².